The van der Waals surface area contributed by atoms with Crippen LogP contribution in [0.1, 0.15) is 39.0 Å². The molecule has 0 aliphatic heterocycles. The minimum Gasteiger partial charge on any atom is -0.330 e. The Bertz CT molecular complexity index is 220. The molecule has 0 aromatic carbocycles. The highest BCUT2D eigenvalue weighted by molar-refractivity contribution is 8.00. The topological polar surface area (TPSA) is 26.0 Å². The third-order valence-corrected chi connectivity index (χ3v) is 4.65. The molecule has 1 saturated carbocycles. The summed E-state index contributed by atoms with van der Waals surface area (Å²) in [6.45, 7) is 2.78. The van der Waals surface area contributed by atoms with Gasteiger partial charge in [-0.2, -0.15) is 13.2 Å². The summed E-state index contributed by atoms with van der Waals surface area (Å²) in [5, 5.41) is 0. The van der Waals surface area contributed by atoms with Crippen molar-refractivity contribution in [3.8, 4) is 0 Å². The van der Waals surface area contributed by atoms with Crippen LogP contribution in [0.4, 0.5) is 13.2 Å². The molecule has 0 saturated heterocycles. The summed E-state index contributed by atoms with van der Waals surface area (Å²) in [6, 6.07) is 0. The normalized spacial score (nSPS) is 30.5. The summed E-state index contributed by atoms with van der Waals surface area (Å²) in [5.41, 5.74) is 1.62. The smallest absolute Gasteiger partial charge is 0.330 e. The minimum absolute atomic E-state index is 0.108. The van der Waals surface area contributed by atoms with Crippen molar-refractivity contribution in [2.75, 3.05) is 12.3 Å². The predicted molar refractivity (Wildman–Crippen MR) is 66.8 cm³/mol. The van der Waals surface area contributed by atoms with Crippen LogP contribution in [0.3, 0.4) is 0 Å². The lowest BCUT2D eigenvalue weighted by molar-refractivity contribution is -0.0329. The number of rotatable bonds is 5. The van der Waals surface area contributed by atoms with Crippen molar-refractivity contribution >= 4 is 11.8 Å². The summed E-state index contributed by atoms with van der Waals surface area (Å²) in [6.07, 6.45) is 5.15. The molecule has 1 aliphatic rings. The minimum atomic E-state index is -4.09. The van der Waals surface area contributed by atoms with Crippen LogP contribution in [-0.2, 0) is 0 Å². The summed E-state index contributed by atoms with van der Waals surface area (Å²) >= 11 is 0.108. The highest BCUT2D eigenvalue weighted by atomic mass is 32.2. The van der Waals surface area contributed by atoms with E-state index < -0.39 is 5.51 Å². The lowest BCUT2D eigenvalue weighted by Gasteiger charge is -2.35. The molecule has 0 bridgehead atoms. The maximum absolute atomic E-state index is 12.1. The Morgan fingerprint density at radius 3 is 2.47 bits per heavy atom. The van der Waals surface area contributed by atoms with Crippen molar-refractivity contribution in [3.05, 3.63) is 0 Å². The lowest BCUT2D eigenvalue weighted by atomic mass is 9.72. The number of halogens is 3. The molecule has 1 rings (SSSR count). The molecule has 0 aromatic rings. The Morgan fingerprint density at radius 2 is 1.94 bits per heavy atom. The van der Waals surface area contributed by atoms with Gasteiger partial charge in [0, 0.05) is 5.75 Å². The zero-order valence-electron chi connectivity index (χ0n) is 10.3. The molecule has 1 nitrogen and oxygen atoms in total. The van der Waals surface area contributed by atoms with Crippen LogP contribution in [-0.4, -0.2) is 17.8 Å². The lowest BCUT2D eigenvalue weighted by Crippen LogP contribution is -2.30. The summed E-state index contributed by atoms with van der Waals surface area (Å²) in [5.74, 6) is 1.71. The highest BCUT2D eigenvalue weighted by Crippen LogP contribution is 2.39. The van der Waals surface area contributed by atoms with Crippen LogP contribution >= 0.6 is 11.8 Å². The molecule has 3 unspecified atom stereocenters. The molecule has 0 aromatic heterocycles. The molecule has 102 valence electrons. The summed E-state index contributed by atoms with van der Waals surface area (Å²) in [4.78, 5) is 0. The molecule has 2 N–H and O–H groups in total. The van der Waals surface area contributed by atoms with Gasteiger partial charge in [0.1, 0.15) is 0 Å². The van der Waals surface area contributed by atoms with E-state index in [0.717, 1.165) is 19.3 Å². The highest BCUT2D eigenvalue weighted by Gasteiger charge is 2.31. The van der Waals surface area contributed by atoms with Crippen LogP contribution < -0.4 is 5.73 Å². The van der Waals surface area contributed by atoms with Gasteiger partial charge < -0.3 is 5.73 Å². The van der Waals surface area contributed by atoms with Gasteiger partial charge in [-0.15, -0.1) is 0 Å². The number of nitrogens with two attached hydrogens (primary N) is 1. The zero-order valence-corrected chi connectivity index (χ0v) is 11.1. The molecule has 1 aliphatic carbocycles. The second-order valence-electron chi connectivity index (χ2n) is 4.93. The Labute approximate surface area is 106 Å². The van der Waals surface area contributed by atoms with Crippen LogP contribution in [0.5, 0.6) is 0 Å². The van der Waals surface area contributed by atoms with Crippen molar-refractivity contribution in [3.63, 3.8) is 0 Å². The van der Waals surface area contributed by atoms with Crippen molar-refractivity contribution in [1.29, 1.82) is 0 Å². The van der Waals surface area contributed by atoms with E-state index in [2.05, 4.69) is 6.92 Å². The molecule has 17 heavy (non-hydrogen) atoms. The van der Waals surface area contributed by atoms with Crippen LogP contribution in [0.15, 0.2) is 0 Å². The largest absolute Gasteiger partial charge is 0.441 e. The van der Waals surface area contributed by atoms with Gasteiger partial charge >= 0.3 is 5.51 Å². The van der Waals surface area contributed by atoms with Gasteiger partial charge in [-0.25, -0.2) is 0 Å². The maximum atomic E-state index is 12.1. The fraction of sp³-hybridized carbons (Fsp3) is 1.00. The molecule has 0 heterocycles. The number of thioether (sulfide) groups is 1. The van der Waals surface area contributed by atoms with Gasteiger partial charge in [0.15, 0.2) is 0 Å². The van der Waals surface area contributed by atoms with Gasteiger partial charge in [0.05, 0.1) is 0 Å². The van der Waals surface area contributed by atoms with E-state index in [-0.39, 0.29) is 17.5 Å². The van der Waals surface area contributed by atoms with E-state index in [0.29, 0.717) is 30.7 Å². The SMILES string of the molecule is CCC1CCC(CN)C(CCSC(F)(F)F)C1. The third kappa shape index (κ3) is 5.51. The zero-order chi connectivity index (χ0) is 12.9. The Balaban J connectivity index is 2.36. The van der Waals surface area contributed by atoms with Gasteiger partial charge in [-0.3, -0.25) is 0 Å². The van der Waals surface area contributed by atoms with Gasteiger partial charge in [0.2, 0.25) is 0 Å². The monoisotopic (exact) mass is 269 g/mol. The number of hydrogen-bond acceptors (Lipinski definition) is 2. The molecule has 0 spiro atoms. The van der Waals surface area contributed by atoms with E-state index in [1.165, 1.54) is 6.42 Å². The third-order valence-electron chi connectivity index (χ3n) is 3.88. The Morgan fingerprint density at radius 1 is 1.24 bits per heavy atom. The van der Waals surface area contributed by atoms with Crippen molar-refractivity contribution < 1.29 is 13.2 Å². The van der Waals surface area contributed by atoms with E-state index in [4.69, 9.17) is 5.73 Å². The maximum Gasteiger partial charge on any atom is 0.441 e. The molecule has 0 radical (unpaired) electrons. The van der Waals surface area contributed by atoms with E-state index in [9.17, 15) is 13.2 Å². The van der Waals surface area contributed by atoms with Crippen LogP contribution in [0.2, 0.25) is 0 Å². The molecule has 0 amide bonds. The van der Waals surface area contributed by atoms with E-state index in [1.807, 2.05) is 0 Å². The van der Waals surface area contributed by atoms with Gasteiger partial charge in [-0.1, -0.05) is 31.5 Å². The Kier molecular flexibility index (Phi) is 6.13. The van der Waals surface area contributed by atoms with Gasteiger partial charge in [-0.05, 0) is 43.6 Å². The number of hydrogen-bond donors (Lipinski definition) is 1. The second-order valence-corrected chi connectivity index (χ2v) is 6.09. The van der Waals surface area contributed by atoms with E-state index >= 15 is 0 Å². The average Bonchev–Trinajstić information content (AvgIpc) is 2.27. The number of alkyl halides is 3. The van der Waals surface area contributed by atoms with Crippen LogP contribution in [0.25, 0.3) is 0 Å². The first-order chi connectivity index (χ1) is 7.96. The van der Waals surface area contributed by atoms with Crippen molar-refractivity contribution in [1.82, 2.24) is 0 Å². The van der Waals surface area contributed by atoms with Crippen molar-refractivity contribution in [2.24, 2.45) is 23.5 Å². The van der Waals surface area contributed by atoms with Gasteiger partial charge in [0.25, 0.3) is 0 Å². The first-order valence-electron chi connectivity index (χ1n) is 6.37. The summed E-state index contributed by atoms with van der Waals surface area (Å²) in [7, 11) is 0. The Hall–Kier alpha value is 0.100. The van der Waals surface area contributed by atoms with Crippen LogP contribution in [0, 0.1) is 17.8 Å². The quantitative estimate of drug-likeness (QED) is 0.815. The molecular formula is C12H22F3NS. The standard InChI is InChI=1S/C12H22F3NS/c1-2-9-3-4-11(8-16)10(7-9)5-6-17-12(13,14)15/h9-11H,2-8,16H2,1H3. The first-order valence-corrected chi connectivity index (χ1v) is 7.35. The fourth-order valence-corrected chi connectivity index (χ4v) is 3.44. The van der Waals surface area contributed by atoms with Crippen molar-refractivity contribution in [2.45, 2.75) is 44.5 Å². The average molecular weight is 269 g/mol. The summed E-state index contributed by atoms with van der Waals surface area (Å²) < 4.78 is 36.2. The fourth-order valence-electron chi connectivity index (χ4n) is 2.78. The molecule has 3 atom stereocenters. The molecule has 1 fully saturated rings. The predicted octanol–water partition coefficient (Wildman–Crippen LogP) is 4.03. The second kappa shape index (κ2) is 6.88. The molecule has 5 heteroatoms. The van der Waals surface area contributed by atoms with E-state index in [1.54, 1.807) is 0 Å². The molecular weight excluding hydrogens is 247 g/mol. The first kappa shape index (κ1) is 15.2.